The Morgan fingerprint density at radius 3 is 1.94 bits per heavy atom. The van der Waals surface area contributed by atoms with Gasteiger partial charge in [0.25, 0.3) is 0 Å². The van der Waals surface area contributed by atoms with Crippen LogP contribution in [0.2, 0.25) is 0 Å². The first-order valence-corrected chi connectivity index (χ1v) is 9.52. The normalized spacial score (nSPS) is 12.3. The van der Waals surface area contributed by atoms with E-state index in [0.29, 0.717) is 40.2 Å². The van der Waals surface area contributed by atoms with Crippen LogP contribution in [0.4, 0.5) is 11.6 Å². The largest absolute Gasteiger partial charge is 0.324 e. The Labute approximate surface area is 176 Å². The molecule has 1 N–H and O–H groups in total. The highest BCUT2D eigenvalue weighted by Crippen LogP contribution is 2.35. The molecular formula is C22H13N9. The molecule has 0 fully saturated rings. The lowest BCUT2D eigenvalue weighted by atomic mass is 10.2. The molecule has 0 bridgehead atoms. The van der Waals surface area contributed by atoms with E-state index in [9.17, 15) is 0 Å². The fourth-order valence-electron chi connectivity index (χ4n) is 3.33. The second kappa shape index (κ2) is 6.99. The number of nitrogens with one attached hydrogen (secondary N) is 1. The Kier molecular flexibility index (Phi) is 3.88. The molecule has 9 heteroatoms. The van der Waals surface area contributed by atoms with Crippen LogP contribution in [0.15, 0.2) is 78.6 Å². The van der Waals surface area contributed by atoms with E-state index < -0.39 is 0 Å². The molecule has 0 atom stereocenters. The van der Waals surface area contributed by atoms with Gasteiger partial charge in [0.2, 0.25) is 0 Å². The summed E-state index contributed by atoms with van der Waals surface area (Å²) in [7, 11) is 0. The van der Waals surface area contributed by atoms with Crippen molar-refractivity contribution < 1.29 is 0 Å². The number of hydrogen-bond donors (Lipinski definition) is 1. The highest BCUT2D eigenvalue weighted by Gasteiger charge is 2.23. The molecule has 6 heterocycles. The van der Waals surface area contributed by atoms with Crippen LogP contribution < -0.4 is 5.32 Å². The van der Waals surface area contributed by atoms with Gasteiger partial charge in [0.05, 0.1) is 0 Å². The molecule has 5 aromatic heterocycles. The average Bonchev–Trinajstić information content (AvgIpc) is 2.85. The zero-order valence-electron chi connectivity index (χ0n) is 16.0. The van der Waals surface area contributed by atoms with E-state index in [-0.39, 0.29) is 0 Å². The smallest absolute Gasteiger partial charge is 0.171 e. The fraction of sp³-hybridized carbons (Fsp3) is 0. The van der Waals surface area contributed by atoms with Gasteiger partial charge in [0.1, 0.15) is 17.0 Å². The summed E-state index contributed by atoms with van der Waals surface area (Å²) in [4.78, 5) is 36.0. The van der Waals surface area contributed by atoms with Crippen LogP contribution in [0.5, 0.6) is 0 Å². The Balaban J connectivity index is 1.62. The molecule has 6 rings (SSSR count). The Morgan fingerprint density at radius 2 is 1.29 bits per heavy atom. The minimum Gasteiger partial charge on any atom is -0.324 e. The Bertz CT molecular complexity index is 1430. The van der Waals surface area contributed by atoms with Gasteiger partial charge in [0.15, 0.2) is 23.1 Å². The maximum Gasteiger partial charge on any atom is 0.171 e. The Morgan fingerprint density at radius 1 is 0.613 bits per heavy atom. The zero-order valence-corrected chi connectivity index (χ0v) is 16.0. The van der Waals surface area contributed by atoms with Crippen molar-refractivity contribution >= 4 is 28.5 Å². The van der Waals surface area contributed by atoms with Crippen molar-refractivity contribution in [1.82, 2.24) is 34.9 Å². The van der Waals surface area contributed by atoms with Gasteiger partial charge in [-0.1, -0.05) is 0 Å². The van der Waals surface area contributed by atoms with E-state index in [0.717, 1.165) is 16.7 Å². The van der Waals surface area contributed by atoms with Crippen LogP contribution in [0, 0.1) is 0 Å². The third kappa shape index (κ3) is 3.04. The second-order valence-electron chi connectivity index (χ2n) is 6.77. The van der Waals surface area contributed by atoms with Crippen LogP contribution >= 0.6 is 0 Å². The summed E-state index contributed by atoms with van der Waals surface area (Å²) < 4.78 is 0. The molecule has 9 nitrogen and oxygen atoms in total. The van der Waals surface area contributed by atoms with Crippen molar-refractivity contribution in [3.05, 3.63) is 79.1 Å². The van der Waals surface area contributed by atoms with E-state index in [1.54, 1.807) is 37.2 Å². The third-order valence-corrected chi connectivity index (χ3v) is 4.78. The molecule has 0 aliphatic carbocycles. The molecular weight excluding hydrogens is 390 g/mol. The predicted molar refractivity (Wildman–Crippen MR) is 116 cm³/mol. The number of nitrogens with zero attached hydrogens (tertiary/aromatic N) is 8. The number of amidine groups is 1. The lowest BCUT2D eigenvalue weighted by Gasteiger charge is -2.18. The summed E-state index contributed by atoms with van der Waals surface area (Å²) in [6, 6.07) is 11.2. The van der Waals surface area contributed by atoms with Crippen LogP contribution in [-0.2, 0) is 0 Å². The minimum atomic E-state index is 0.497. The van der Waals surface area contributed by atoms with Gasteiger partial charge in [-0.05, 0) is 36.4 Å². The van der Waals surface area contributed by atoms with Gasteiger partial charge in [0, 0.05) is 53.9 Å². The molecule has 0 amide bonds. The lowest BCUT2D eigenvalue weighted by molar-refractivity contribution is 1.12. The standard InChI is InChI=1S/C22H13N9/c1-3-14(11-24-7-1)18-28-20-16-21(27-17(26-20)13-5-9-23-10-6-13)29-19(31-22(16)30-18)15-4-2-8-25-12-15/h1-12H,(H,26,27,28,29,30,31). The van der Waals surface area contributed by atoms with E-state index in [1.807, 2.05) is 36.4 Å². The molecule has 0 saturated heterocycles. The number of rotatable bonds is 3. The molecule has 146 valence electrons. The van der Waals surface area contributed by atoms with Gasteiger partial charge in [-0.25, -0.2) is 24.9 Å². The maximum atomic E-state index is 4.74. The molecule has 0 saturated carbocycles. The quantitative estimate of drug-likeness (QED) is 0.487. The number of aromatic nitrogens is 7. The highest BCUT2D eigenvalue weighted by atomic mass is 15.2. The summed E-state index contributed by atoms with van der Waals surface area (Å²) >= 11 is 0. The molecule has 0 aromatic carbocycles. The fourth-order valence-corrected chi connectivity index (χ4v) is 3.33. The van der Waals surface area contributed by atoms with Gasteiger partial charge >= 0.3 is 0 Å². The van der Waals surface area contributed by atoms with Crippen LogP contribution in [-0.4, -0.2) is 40.7 Å². The van der Waals surface area contributed by atoms with Crippen molar-refractivity contribution in [2.75, 3.05) is 5.32 Å². The van der Waals surface area contributed by atoms with E-state index in [4.69, 9.17) is 24.9 Å². The van der Waals surface area contributed by atoms with E-state index in [1.165, 1.54) is 0 Å². The first-order valence-electron chi connectivity index (χ1n) is 9.52. The van der Waals surface area contributed by atoms with Gasteiger partial charge in [-0.2, -0.15) is 0 Å². The average molecular weight is 403 g/mol. The lowest BCUT2D eigenvalue weighted by Crippen LogP contribution is -2.19. The predicted octanol–water partition coefficient (Wildman–Crippen LogP) is 3.44. The van der Waals surface area contributed by atoms with Crippen LogP contribution in [0.1, 0.15) is 5.56 Å². The SMILES string of the molecule is c1cncc(-c2nc3c4c(nc(-c5cccnc5)nc4n2)NC(c2ccncc2)=N3)c1. The summed E-state index contributed by atoms with van der Waals surface area (Å²) in [5, 5.41) is 3.97. The molecule has 0 unspecified atom stereocenters. The first kappa shape index (κ1) is 17.2. The van der Waals surface area contributed by atoms with Crippen molar-refractivity contribution in [2.45, 2.75) is 0 Å². The van der Waals surface area contributed by atoms with Crippen molar-refractivity contribution in [3.8, 4) is 22.8 Å². The van der Waals surface area contributed by atoms with Gasteiger partial charge < -0.3 is 5.32 Å². The number of hydrogen-bond acceptors (Lipinski definition) is 9. The molecule has 1 aliphatic rings. The van der Waals surface area contributed by atoms with Gasteiger partial charge in [-0.15, -0.1) is 0 Å². The van der Waals surface area contributed by atoms with Crippen molar-refractivity contribution in [3.63, 3.8) is 0 Å². The monoisotopic (exact) mass is 403 g/mol. The Hall–Kier alpha value is -4.66. The minimum absolute atomic E-state index is 0.497. The van der Waals surface area contributed by atoms with Crippen molar-refractivity contribution in [2.24, 2.45) is 4.99 Å². The van der Waals surface area contributed by atoms with E-state index in [2.05, 4.69) is 20.3 Å². The highest BCUT2D eigenvalue weighted by molar-refractivity contribution is 6.16. The topological polar surface area (TPSA) is 115 Å². The number of aliphatic imine (C=N–C) groups is 1. The third-order valence-electron chi connectivity index (χ3n) is 4.78. The second-order valence-corrected chi connectivity index (χ2v) is 6.77. The van der Waals surface area contributed by atoms with Crippen LogP contribution in [0.3, 0.4) is 0 Å². The summed E-state index contributed by atoms with van der Waals surface area (Å²) in [5.41, 5.74) is 2.94. The molecule has 5 aromatic rings. The van der Waals surface area contributed by atoms with Gasteiger partial charge in [-0.3, -0.25) is 15.0 Å². The number of anilines is 1. The summed E-state index contributed by atoms with van der Waals surface area (Å²) in [6.07, 6.45) is 10.3. The zero-order chi connectivity index (χ0) is 20.6. The number of pyridine rings is 3. The first-order chi connectivity index (χ1) is 15.3. The molecule has 0 radical (unpaired) electrons. The summed E-state index contributed by atoms with van der Waals surface area (Å²) in [5.74, 6) is 2.74. The summed E-state index contributed by atoms with van der Waals surface area (Å²) in [6.45, 7) is 0. The molecule has 0 spiro atoms. The molecule has 31 heavy (non-hydrogen) atoms. The molecule has 1 aliphatic heterocycles. The van der Waals surface area contributed by atoms with E-state index >= 15 is 0 Å². The van der Waals surface area contributed by atoms with Crippen LogP contribution in [0.25, 0.3) is 33.8 Å². The maximum absolute atomic E-state index is 4.74. The van der Waals surface area contributed by atoms with Crippen molar-refractivity contribution in [1.29, 1.82) is 0 Å².